The summed E-state index contributed by atoms with van der Waals surface area (Å²) in [5.41, 5.74) is 3.63. The molecule has 0 unspecified atom stereocenters. The van der Waals surface area contributed by atoms with Gasteiger partial charge in [-0.1, -0.05) is 30.3 Å². The lowest BCUT2D eigenvalue weighted by Crippen LogP contribution is -2.28. The minimum absolute atomic E-state index is 0.0989. The number of hydrazone groups is 2. The van der Waals surface area contributed by atoms with Gasteiger partial charge in [0.05, 0.1) is 21.2 Å². The molecule has 12 heteroatoms. The van der Waals surface area contributed by atoms with Crippen LogP contribution >= 0.6 is 0 Å². The molecule has 0 aliphatic carbocycles. The summed E-state index contributed by atoms with van der Waals surface area (Å²) < 4.78 is 31.5. The summed E-state index contributed by atoms with van der Waals surface area (Å²) in [5, 5.41) is 20.8. The Morgan fingerprint density at radius 2 is 1.70 bits per heavy atom. The van der Waals surface area contributed by atoms with Crippen LogP contribution in [0.15, 0.2) is 94.0 Å². The number of nitro benzene ring substituents is 1. The summed E-state index contributed by atoms with van der Waals surface area (Å²) in [6.45, 7) is 0. The first kappa shape index (κ1) is 21.8. The lowest BCUT2D eigenvalue weighted by molar-refractivity contribution is -0.384. The van der Waals surface area contributed by atoms with Crippen molar-refractivity contribution in [1.82, 2.24) is 0 Å². The zero-order chi connectivity index (χ0) is 23.6. The molecule has 33 heavy (non-hydrogen) atoms. The minimum atomic E-state index is -4.35. The normalized spacial score (nSPS) is 14.9. The number of nitrogens with one attached hydrogen (secondary N) is 1. The molecule has 1 aliphatic rings. The van der Waals surface area contributed by atoms with Gasteiger partial charge in [-0.15, -0.1) is 0 Å². The van der Waals surface area contributed by atoms with Gasteiger partial charge in [-0.2, -0.15) is 23.6 Å². The number of nitro groups is 1. The fourth-order valence-corrected chi connectivity index (χ4v) is 3.50. The average Bonchev–Trinajstić information content (AvgIpc) is 3.14. The number of hydrogen-bond acceptors (Lipinski definition) is 8. The van der Waals surface area contributed by atoms with E-state index in [0.717, 1.165) is 5.01 Å². The Morgan fingerprint density at radius 1 is 1.00 bits per heavy atom. The molecule has 0 aromatic heterocycles. The van der Waals surface area contributed by atoms with E-state index in [0.29, 0.717) is 16.9 Å². The van der Waals surface area contributed by atoms with Gasteiger partial charge < -0.3 is 0 Å². The van der Waals surface area contributed by atoms with Crippen molar-refractivity contribution in [2.24, 2.45) is 10.2 Å². The minimum Gasteiger partial charge on any atom is -0.282 e. The standard InChI is InChI=1S/C21H15N5O6S/c27-21-20(23-22-15-9-11-18(12-10-15)33(30,31)32)19(14-5-4-8-17(13-14)26(28)29)24-25(21)16-6-2-1-3-7-16/h1-13,22H,(H,30,31,32)/b23-20-. The quantitative estimate of drug-likeness (QED) is 0.322. The smallest absolute Gasteiger partial charge is 0.282 e. The second-order valence-corrected chi connectivity index (χ2v) is 8.20. The zero-order valence-corrected chi connectivity index (χ0v) is 17.5. The number of benzene rings is 3. The van der Waals surface area contributed by atoms with Crippen LogP contribution in [0.5, 0.6) is 0 Å². The summed E-state index contributed by atoms with van der Waals surface area (Å²) in [7, 11) is -4.35. The lowest BCUT2D eigenvalue weighted by Gasteiger charge is -2.10. The molecule has 166 valence electrons. The van der Waals surface area contributed by atoms with Crippen molar-refractivity contribution in [3.05, 3.63) is 94.5 Å². The monoisotopic (exact) mass is 465 g/mol. The molecule has 0 radical (unpaired) electrons. The van der Waals surface area contributed by atoms with Gasteiger partial charge in [0.1, 0.15) is 5.71 Å². The number of non-ortho nitro benzene ring substituents is 1. The maximum absolute atomic E-state index is 13.1. The molecule has 0 bridgehead atoms. The molecule has 0 saturated carbocycles. The third-order valence-corrected chi connectivity index (χ3v) is 5.47. The average molecular weight is 465 g/mol. The Morgan fingerprint density at radius 3 is 2.33 bits per heavy atom. The summed E-state index contributed by atoms with van der Waals surface area (Å²) >= 11 is 0. The Balaban J connectivity index is 1.72. The van der Waals surface area contributed by atoms with E-state index in [1.54, 1.807) is 36.4 Å². The van der Waals surface area contributed by atoms with Crippen molar-refractivity contribution < 1.29 is 22.7 Å². The Kier molecular flexibility index (Phi) is 5.69. The second-order valence-electron chi connectivity index (χ2n) is 6.78. The summed E-state index contributed by atoms with van der Waals surface area (Å²) in [6.07, 6.45) is 0. The maximum Gasteiger partial charge on any atom is 0.301 e. The van der Waals surface area contributed by atoms with Crippen LogP contribution in [0.1, 0.15) is 5.56 Å². The van der Waals surface area contributed by atoms with Crippen LogP contribution in [0.4, 0.5) is 17.1 Å². The first-order chi connectivity index (χ1) is 15.7. The van der Waals surface area contributed by atoms with E-state index >= 15 is 0 Å². The third-order valence-electron chi connectivity index (χ3n) is 4.60. The number of anilines is 2. The molecule has 2 N–H and O–H groups in total. The highest BCUT2D eigenvalue weighted by atomic mass is 32.2. The van der Waals surface area contributed by atoms with Crippen LogP contribution < -0.4 is 10.4 Å². The van der Waals surface area contributed by atoms with E-state index in [2.05, 4.69) is 15.6 Å². The van der Waals surface area contributed by atoms with Crippen LogP contribution in [-0.2, 0) is 14.9 Å². The Hall–Kier alpha value is -4.42. The fourth-order valence-electron chi connectivity index (χ4n) is 3.02. The number of carbonyl (C=O) groups excluding carboxylic acids is 1. The van der Waals surface area contributed by atoms with Crippen LogP contribution in [-0.4, -0.2) is 35.2 Å². The number of para-hydroxylation sites is 1. The SMILES string of the molecule is O=C1/C(=N\Nc2ccc(S(=O)(=O)O)cc2)C(c2cccc([N+](=O)[O-])c2)=NN1c1ccccc1. The van der Waals surface area contributed by atoms with Crippen molar-refractivity contribution in [3.63, 3.8) is 0 Å². The van der Waals surface area contributed by atoms with Gasteiger partial charge >= 0.3 is 5.91 Å². The van der Waals surface area contributed by atoms with Gasteiger partial charge in [0, 0.05) is 17.7 Å². The van der Waals surface area contributed by atoms with E-state index in [4.69, 9.17) is 4.55 Å². The molecule has 0 saturated heterocycles. The molecule has 1 heterocycles. The molecule has 0 fully saturated rings. The molecule has 0 atom stereocenters. The highest BCUT2D eigenvalue weighted by molar-refractivity contribution is 7.85. The molecular weight excluding hydrogens is 450 g/mol. The molecular formula is C21H15N5O6S. The molecule has 3 aromatic carbocycles. The summed E-state index contributed by atoms with van der Waals surface area (Å²) in [6, 6.07) is 19.3. The van der Waals surface area contributed by atoms with Crippen molar-refractivity contribution in [1.29, 1.82) is 0 Å². The maximum atomic E-state index is 13.1. The number of amides is 1. The number of nitrogens with zero attached hydrogens (tertiary/aromatic N) is 4. The highest BCUT2D eigenvalue weighted by Gasteiger charge is 2.34. The number of hydrogen-bond donors (Lipinski definition) is 2. The van der Waals surface area contributed by atoms with Crippen LogP contribution in [0.3, 0.4) is 0 Å². The van der Waals surface area contributed by atoms with Crippen LogP contribution in [0.2, 0.25) is 0 Å². The third kappa shape index (κ3) is 4.61. The number of rotatable bonds is 6. The molecule has 3 aromatic rings. The highest BCUT2D eigenvalue weighted by Crippen LogP contribution is 2.24. The predicted octanol–water partition coefficient (Wildman–Crippen LogP) is 3.06. The van der Waals surface area contributed by atoms with Gasteiger partial charge in [0.25, 0.3) is 15.8 Å². The van der Waals surface area contributed by atoms with Gasteiger partial charge in [0.2, 0.25) is 0 Å². The van der Waals surface area contributed by atoms with Crippen molar-refractivity contribution >= 4 is 44.5 Å². The van der Waals surface area contributed by atoms with Crippen molar-refractivity contribution in [2.75, 3.05) is 10.4 Å². The molecule has 1 aliphatic heterocycles. The van der Waals surface area contributed by atoms with Gasteiger partial charge in [0.15, 0.2) is 5.71 Å². The van der Waals surface area contributed by atoms with E-state index in [-0.39, 0.29) is 22.0 Å². The van der Waals surface area contributed by atoms with E-state index < -0.39 is 20.9 Å². The number of carbonyl (C=O) groups is 1. The van der Waals surface area contributed by atoms with Gasteiger partial charge in [-0.25, -0.2) is 0 Å². The molecule has 4 rings (SSSR count). The second kappa shape index (κ2) is 8.61. The summed E-state index contributed by atoms with van der Waals surface area (Å²) in [4.78, 5) is 23.5. The molecule has 0 spiro atoms. The van der Waals surface area contributed by atoms with E-state index in [1.165, 1.54) is 42.5 Å². The van der Waals surface area contributed by atoms with E-state index in [9.17, 15) is 23.3 Å². The van der Waals surface area contributed by atoms with Crippen LogP contribution in [0.25, 0.3) is 0 Å². The van der Waals surface area contributed by atoms with Crippen molar-refractivity contribution in [2.45, 2.75) is 4.90 Å². The largest absolute Gasteiger partial charge is 0.301 e. The lowest BCUT2D eigenvalue weighted by atomic mass is 10.1. The summed E-state index contributed by atoms with van der Waals surface area (Å²) in [5.74, 6) is -0.565. The predicted molar refractivity (Wildman–Crippen MR) is 121 cm³/mol. The Labute approximate surface area is 187 Å². The first-order valence-corrected chi connectivity index (χ1v) is 10.8. The molecule has 1 amide bonds. The van der Waals surface area contributed by atoms with Crippen LogP contribution in [0, 0.1) is 10.1 Å². The molecule has 11 nitrogen and oxygen atoms in total. The van der Waals surface area contributed by atoms with Crippen molar-refractivity contribution in [3.8, 4) is 0 Å². The first-order valence-electron chi connectivity index (χ1n) is 9.38. The van der Waals surface area contributed by atoms with E-state index in [1.807, 2.05) is 0 Å². The zero-order valence-electron chi connectivity index (χ0n) is 16.7. The van der Waals surface area contributed by atoms with Gasteiger partial charge in [-0.05, 0) is 36.4 Å². The van der Waals surface area contributed by atoms with Gasteiger partial charge in [-0.3, -0.25) is 24.9 Å². The fraction of sp³-hybridized carbons (Fsp3) is 0. The topological polar surface area (TPSA) is 155 Å². The Bertz CT molecular complexity index is 1400.